The lowest BCUT2D eigenvalue weighted by molar-refractivity contribution is 0.486. The average Bonchev–Trinajstić information content (AvgIpc) is 2.54. The van der Waals surface area contributed by atoms with E-state index in [0.717, 1.165) is 24.6 Å². The third-order valence-corrected chi connectivity index (χ3v) is 3.56. The van der Waals surface area contributed by atoms with Crippen LogP contribution in [0.15, 0.2) is 12.3 Å². The van der Waals surface area contributed by atoms with Crippen LogP contribution >= 0.6 is 0 Å². The summed E-state index contributed by atoms with van der Waals surface area (Å²) in [6.07, 6.45) is 7.91. The second kappa shape index (κ2) is 6.14. The van der Waals surface area contributed by atoms with Gasteiger partial charge in [0.15, 0.2) is 0 Å². The minimum atomic E-state index is 0.236. The smallest absolute Gasteiger partial charge is 0.225 e. The Labute approximate surface area is 110 Å². The number of nitrogens with zero attached hydrogens (tertiary/aromatic N) is 3. The Morgan fingerprint density at radius 3 is 3.00 bits per heavy atom. The number of aromatic nitrogens is 2. The van der Waals surface area contributed by atoms with Gasteiger partial charge in [0.25, 0.3) is 0 Å². The molecule has 2 heterocycles. The van der Waals surface area contributed by atoms with Crippen molar-refractivity contribution >= 4 is 5.95 Å². The number of hydrogen-bond acceptors (Lipinski definition) is 4. The van der Waals surface area contributed by atoms with Crippen LogP contribution in [0.2, 0.25) is 0 Å². The first-order valence-corrected chi connectivity index (χ1v) is 6.98. The van der Waals surface area contributed by atoms with Gasteiger partial charge in [-0.15, -0.1) is 0 Å². The summed E-state index contributed by atoms with van der Waals surface area (Å²) in [5.74, 6) is 0.877. The van der Waals surface area contributed by atoms with Crippen molar-refractivity contribution in [1.29, 1.82) is 0 Å². The number of aryl methyl sites for hydroxylation is 1. The molecule has 0 spiro atoms. The molecule has 1 saturated heterocycles. The van der Waals surface area contributed by atoms with Gasteiger partial charge in [0.2, 0.25) is 5.95 Å². The Hall–Kier alpha value is -1.16. The molecule has 2 unspecified atom stereocenters. The first-order chi connectivity index (χ1) is 8.66. The lowest BCUT2D eigenvalue weighted by Gasteiger charge is -2.31. The van der Waals surface area contributed by atoms with Crippen LogP contribution in [0, 0.1) is 6.92 Å². The van der Waals surface area contributed by atoms with E-state index in [4.69, 9.17) is 5.73 Å². The second-order valence-corrected chi connectivity index (χ2v) is 5.41. The van der Waals surface area contributed by atoms with E-state index in [0.29, 0.717) is 6.04 Å². The monoisotopic (exact) mass is 248 g/mol. The number of rotatable bonds is 3. The number of anilines is 1. The van der Waals surface area contributed by atoms with Gasteiger partial charge in [0.1, 0.15) is 0 Å². The van der Waals surface area contributed by atoms with Gasteiger partial charge in [0, 0.05) is 30.5 Å². The summed E-state index contributed by atoms with van der Waals surface area (Å²) in [5, 5.41) is 0. The molecule has 18 heavy (non-hydrogen) atoms. The predicted molar refractivity (Wildman–Crippen MR) is 74.6 cm³/mol. The van der Waals surface area contributed by atoms with Crippen LogP contribution in [-0.4, -0.2) is 28.6 Å². The fourth-order valence-corrected chi connectivity index (χ4v) is 2.69. The quantitative estimate of drug-likeness (QED) is 0.891. The van der Waals surface area contributed by atoms with E-state index in [-0.39, 0.29) is 6.04 Å². The van der Waals surface area contributed by atoms with Crippen molar-refractivity contribution in [3.8, 4) is 0 Å². The molecule has 0 saturated carbocycles. The van der Waals surface area contributed by atoms with Crippen LogP contribution in [0.4, 0.5) is 5.95 Å². The van der Waals surface area contributed by atoms with Crippen molar-refractivity contribution in [3.63, 3.8) is 0 Å². The highest BCUT2D eigenvalue weighted by Gasteiger charge is 2.24. The maximum Gasteiger partial charge on any atom is 0.225 e. The average molecular weight is 248 g/mol. The molecule has 0 radical (unpaired) electrons. The zero-order valence-corrected chi connectivity index (χ0v) is 11.5. The molecule has 4 nitrogen and oxygen atoms in total. The number of hydrogen-bond donors (Lipinski definition) is 1. The predicted octanol–water partition coefficient (Wildman–Crippen LogP) is 2.27. The molecule has 1 aromatic rings. The molecule has 1 aliphatic heterocycles. The van der Waals surface area contributed by atoms with Crippen molar-refractivity contribution in [2.24, 2.45) is 5.73 Å². The van der Waals surface area contributed by atoms with E-state index < -0.39 is 0 Å². The Morgan fingerprint density at radius 2 is 2.28 bits per heavy atom. The van der Waals surface area contributed by atoms with Crippen molar-refractivity contribution in [1.82, 2.24) is 9.97 Å². The molecule has 2 N–H and O–H groups in total. The molecule has 0 aromatic carbocycles. The lowest BCUT2D eigenvalue weighted by atomic mass is 10.0. The molecule has 100 valence electrons. The highest BCUT2D eigenvalue weighted by atomic mass is 15.3. The van der Waals surface area contributed by atoms with Gasteiger partial charge in [0.05, 0.1) is 0 Å². The van der Waals surface area contributed by atoms with Gasteiger partial charge in [-0.25, -0.2) is 9.97 Å². The first kappa shape index (κ1) is 13.3. The summed E-state index contributed by atoms with van der Waals surface area (Å²) in [7, 11) is 0. The van der Waals surface area contributed by atoms with Gasteiger partial charge in [-0.1, -0.05) is 12.8 Å². The van der Waals surface area contributed by atoms with E-state index >= 15 is 0 Å². The molecule has 0 bridgehead atoms. The van der Waals surface area contributed by atoms with E-state index in [9.17, 15) is 0 Å². The summed E-state index contributed by atoms with van der Waals surface area (Å²) in [4.78, 5) is 11.4. The van der Waals surface area contributed by atoms with Gasteiger partial charge >= 0.3 is 0 Å². The summed E-state index contributed by atoms with van der Waals surface area (Å²) in [5.41, 5.74) is 7.01. The molecule has 1 aromatic heterocycles. The fourth-order valence-electron chi connectivity index (χ4n) is 2.69. The molecular formula is C14H24N4. The third-order valence-electron chi connectivity index (χ3n) is 3.56. The topological polar surface area (TPSA) is 55.0 Å². The van der Waals surface area contributed by atoms with Crippen LogP contribution in [0.25, 0.3) is 0 Å². The van der Waals surface area contributed by atoms with Crippen LogP contribution < -0.4 is 10.6 Å². The molecule has 0 aliphatic carbocycles. The van der Waals surface area contributed by atoms with E-state index in [1.807, 2.05) is 19.2 Å². The van der Waals surface area contributed by atoms with Crippen LogP contribution in [0.3, 0.4) is 0 Å². The van der Waals surface area contributed by atoms with Crippen molar-refractivity contribution in [2.45, 2.75) is 58.0 Å². The van der Waals surface area contributed by atoms with Crippen molar-refractivity contribution in [3.05, 3.63) is 18.0 Å². The minimum Gasteiger partial charge on any atom is -0.338 e. The van der Waals surface area contributed by atoms with Crippen molar-refractivity contribution < 1.29 is 0 Å². The third kappa shape index (κ3) is 3.42. The summed E-state index contributed by atoms with van der Waals surface area (Å²) >= 11 is 0. The highest BCUT2D eigenvalue weighted by Crippen LogP contribution is 2.23. The SMILES string of the molecule is Cc1ccnc(N2CCCCCC2CC(C)N)n1. The lowest BCUT2D eigenvalue weighted by Crippen LogP contribution is -2.39. The molecule has 2 atom stereocenters. The van der Waals surface area contributed by atoms with Gasteiger partial charge < -0.3 is 10.6 Å². The maximum absolute atomic E-state index is 5.98. The Kier molecular flexibility index (Phi) is 4.53. The van der Waals surface area contributed by atoms with Crippen LogP contribution in [-0.2, 0) is 0 Å². The molecule has 1 aliphatic rings. The standard InChI is InChI=1S/C14H24N4/c1-11(15)10-13-6-4-3-5-9-18(13)14-16-8-7-12(2)17-14/h7-8,11,13H,3-6,9-10,15H2,1-2H3. The Balaban J connectivity index is 2.19. The zero-order chi connectivity index (χ0) is 13.0. The highest BCUT2D eigenvalue weighted by molar-refractivity contribution is 5.32. The summed E-state index contributed by atoms with van der Waals surface area (Å²) in [6, 6.07) is 2.68. The molecule has 0 amide bonds. The van der Waals surface area contributed by atoms with Gasteiger partial charge in [-0.2, -0.15) is 0 Å². The molecule has 1 fully saturated rings. The van der Waals surface area contributed by atoms with Gasteiger partial charge in [-0.3, -0.25) is 0 Å². The number of nitrogens with two attached hydrogens (primary N) is 1. The second-order valence-electron chi connectivity index (χ2n) is 5.41. The first-order valence-electron chi connectivity index (χ1n) is 6.98. The largest absolute Gasteiger partial charge is 0.338 e. The van der Waals surface area contributed by atoms with Crippen LogP contribution in [0.5, 0.6) is 0 Å². The van der Waals surface area contributed by atoms with Crippen molar-refractivity contribution in [2.75, 3.05) is 11.4 Å². The minimum absolute atomic E-state index is 0.236. The molecule has 4 heteroatoms. The van der Waals surface area contributed by atoms with E-state index in [2.05, 4.69) is 21.8 Å². The molecular weight excluding hydrogens is 224 g/mol. The Morgan fingerprint density at radius 1 is 1.44 bits per heavy atom. The maximum atomic E-state index is 5.98. The van der Waals surface area contributed by atoms with E-state index in [1.165, 1.54) is 25.7 Å². The van der Waals surface area contributed by atoms with E-state index in [1.54, 1.807) is 0 Å². The summed E-state index contributed by atoms with van der Waals surface area (Å²) in [6.45, 7) is 5.16. The fraction of sp³-hybridized carbons (Fsp3) is 0.714. The van der Waals surface area contributed by atoms with Crippen LogP contribution in [0.1, 0.15) is 44.7 Å². The van der Waals surface area contributed by atoms with Gasteiger partial charge in [-0.05, 0) is 39.2 Å². The summed E-state index contributed by atoms with van der Waals surface area (Å²) < 4.78 is 0. The Bertz CT molecular complexity index is 378. The normalized spacial score (nSPS) is 22.6. The zero-order valence-electron chi connectivity index (χ0n) is 11.5. The molecule has 2 rings (SSSR count).